The number of aromatic nitrogens is 1. The molecular weight excluding hydrogens is 326 g/mol. The number of fused-ring (bicyclic) bond motifs is 1. The largest absolute Gasteiger partial charge is 0.389 e. The van der Waals surface area contributed by atoms with Crippen molar-refractivity contribution < 1.29 is 18.7 Å². The molecule has 0 aliphatic carbocycles. The Balaban J connectivity index is 2.06. The molecule has 0 fully saturated rings. The van der Waals surface area contributed by atoms with Gasteiger partial charge in [0.25, 0.3) is 0 Å². The maximum Gasteiger partial charge on any atom is 0.352 e. The standard InChI is InChI=1S/C16H13ClF2N2O2/c1-9(22)11-3-2-4-12-14(11)16(18,19)15(23)21(12)8-10-5-6-13(17)20-7-10/h2-7,9,22H,8H2,1H3/t9-/m0/s1. The molecule has 0 radical (unpaired) electrons. The Hall–Kier alpha value is -2.05. The quantitative estimate of drug-likeness (QED) is 0.872. The van der Waals surface area contributed by atoms with Crippen molar-refractivity contribution >= 4 is 23.2 Å². The van der Waals surface area contributed by atoms with Crippen molar-refractivity contribution in [2.75, 3.05) is 4.90 Å². The number of carbonyl (C=O) groups excluding carboxylic acids is 1. The van der Waals surface area contributed by atoms with E-state index in [1.54, 1.807) is 12.1 Å². The number of aliphatic hydroxyl groups is 1. The Kier molecular flexibility index (Phi) is 3.82. The third kappa shape index (κ3) is 2.58. The topological polar surface area (TPSA) is 53.4 Å². The molecule has 0 unspecified atom stereocenters. The van der Waals surface area contributed by atoms with E-state index < -0.39 is 23.5 Å². The van der Waals surface area contributed by atoms with E-state index >= 15 is 0 Å². The molecular formula is C16H13ClF2N2O2. The number of benzene rings is 1. The van der Waals surface area contributed by atoms with Gasteiger partial charge in [0.2, 0.25) is 0 Å². The Bertz CT molecular complexity index is 763. The number of rotatable bonds is 3. The van der Waals surface area contributed by atoms with Crippen molar-refractivity contribution in [1.82, 2.24) is 4.98 Å². The molecule has 1 amide bonds. The Morgan fingerprint density at radius 2 is 2.09 bits per heavy atom. The first kappa shape index (κ1) is 15.8. The SMILES string of the molecule is C[C@H](O)c1cccc2c1C(F)(F)C(=O)N2Cc1ccc(Cl)nc1. The number of pyridine rings is 1. The fraction of sp³-hybridized carbons (Fsp3) is 0.250. The summed E-state index contributed by atoms with van der Waals surface area (Å²) in [5, 5.41) is 10.0. The van der Waals surface area contributed by atoms with Crippen LogP contribution in [0.15, 0.2) is 36.5 Å². The van der Waals surface area contributed by atoms with E-state index in [0.717, 1.165) is 4.90 Å². The molecule has 0 bridgehead atoms. The molecule has 0 saturated carbocycles. The van der Waals surface area contributed by atoms with Crippen LogP contribution < -0.4 is 4.90 Å². The van der Waals surface area contributed by atoms with Crippen molar-refractivity contribution in [1.29, 1.82) is 0 Å². The highest BCUT2D eigenvalue weighted by molar-refractivity contribution is 6.29. The van der Waals surface area contributed by atoms with Crippen LogP contribution in [0.2, 0.25) is 5.15 Å². The predicted octanol–water partition coefficient (Wildman–Crippen LogP) is 3.43. The summed E-state index contributed by atoms with van der Waals surface area (Å²) in [5.41, 5.74) is 0.307. The van der Waals surface area contributed by atoms with Gasteiger partial charge < -0.3 is 10.0 Å². The number of carbonyl (C=O) groups is 1. The normalized spacial score (nSPS) is 17.3. The van der Waals surface area contributed by atoms with Crippen molar-refractivity contribution in [3.05, 3.63) is 58.4 Å². The van der Waals surface area contributed by atoms with Crippen LogP contribution in [0.5, 0.6) is 0 Å². The van der Waals surface area contributed by atoms with Crippen molar-refractivity contribution in [2.45, 2.75) is 25.5 Å². The van der Waals surface area contributed by atoms with Crippen LogP contribution in [0.25, 0.3) is 0 Å². The number of nitrogens with zero attached hydrogens (tertiary/aromatic N) is 2. The van der Waals surface area contributed by atoms with E-state index in [1.807, 2.05) is 0 Å². The lowest BCUT2D eigenvalue weighted by Gasteiger charge is -2.17. The summed E-state index contributed by atoms with van der Waals surface area (Å²) in [7, 11) is 0. The lowest BCUT2D eigenvalue weighted by Crippen LogP contribution is -2.34. The highest BCUT2D eigenvalue weighted by Gasteiger charge is 2.54. The second kappa shape index (κ2) is 5.54. The molecule has 0 spiro atoms. The second-order valence-corrected chi connectivity index (χ2v) is 5.76. The fourth-order valence-corrected chi connectivity index (χ4v) is 2.81. The third-order valence-corrected chi connectivity index (χ3v) is 4.00. The van der Waals surface area contributed by atoms with Crippen molar-refractivity contribution in [3.8, 4) is 0 Å². The molecule has 1 atom stereocenters. The van der Waals surface area contributed by atoms with Gasteiger partial charge in [-0.2, -0.15) is 8.78 Å². The lowest BCUT2D eigenvalue weighted by molar-refractivity contribution is -0.141. The molecule has 3 rings (SSSR count). The maximum atomic E-state index is 14.4. The first-order valence-corrected chi connectivity index (χ1v) is 7.32. The van der Waals surface area contributed by atoms with E-state index in [0.29, 0.717) is 5.56 Å². The van der Waals surface area contributed by atoms with Crippen molar-refractivity contribution in [3.63, 3.8) is 0 Å². The minimum atomic E-state index is -3.66. The average Bonchev–Trinajstić information content (AvgIpc) is 2.70. The molecule has 1 aliphatic heterocycles. The van der Waals surface area contributed by atoms with Gasteiger partial charge in [-0.15, -0.1) is 0 Å². The number of amides is 1. The van der Waals surface area contributed by atoms with Gasteiger partial charge in [-0.1, -0.05) is 29.8 Å². The van der Waals surface area contributed by atoms with Crippen molar-refractivity contribution in [2.24, 2.45) is 0 Å². The summed E-state index contributed by atoms with van der Waals surface area (Å²) in [6.07, 6.45) is 0.338. The van der Waals surface area contributed by atoms with Crippen LogP contribution in [0, 0.1) is 0 Å². The number of anilines is 1. The van der Waals surface area contributed by atoms with E-state index in [2.05, 4.69) is 4.98 Å². The first-order chi connectivity index (χ1) is 10.8. The Labute approximate surface area is 136 Å². The molecule has 23 heavy (non-hydrogen) atoms. The van der Waals surface area contributed by atoms with Gasteiger partial charge in [-0.3, -0.25) is 4.79 Å². The molecule has 4 nitrogen and oxygen atoms in total. The zero-order chi connectivity index (χ0) is 16.8. The Morgan fingerprint density at radius 1 is 1.35 bits per heavy atom. The van der Waals surface area contributed by atoms with Gasteiger partial charge in [-0.25, -0.2) is 4.98 Å². The monoisotopic (exact) mass is 338 g/mol. The second-order valence-electron chi connectivity index (χ2n) is 5.37. The molecule has 0 saturated heterocycles. The number of aliphatic hydroxyl groups excluding tert-OH is 1. The summed E-state index contributed by atoms with van der Waals surface area (Å²) in [4.78, 5) is 17.1. The summed E-state index contributed by atoms with van der Waals surface area (Å²) >= 11 is 5.70. The van der Waals surface area contributed by atoms with Gasteiger partial charge in [0.15, 0.2) is 0 Å². The summed E-state index contributed by atoms with van der Waals surface area (Å²) in [6, 6.07) is 7.55. The number of hydrogen-bond donors (Lipinski definition) is 1. The minimum absolute atomic E-state index is 0.0468. The van der Waals surface area contributed by atoms with Gasteiger partial charge in [0.05, 0.1) is 23.9 Å². The maximum absolute atomic E-state index is 14.4. The molecule has 2 heterocycles. The zero-order valence-electron chi connectivity index (χ0n) is 12.1. The van der Waals surface area contributed by atoms with E-state index in [-0.39, 0.29) is 22.9 Å². The lowest BCUT2D eigenvalue weighted by atomic mass is 9.98. The highest BCUT2D eigenvalue weighted by atomic mass is 35.5. The molecule has 1 aromatic carbocycles. The van der Waals surface area contributed by atoms with Crippen LogP contribution >= 0.6 is 11.6 Å². The third-order valence-electron chi connectivity index (χ3n) is 3.77. The minimum Gasteiger partial charge on any atom is -0.389 e. The molecule has 120 valence electrons. The summed E-state index contributed by atoms with van der Waals surface area (Å²) < 4.78 is 28.9. The molecule has 1 N–H and O–H groups in total. The molecule has 1 aromatic heterocycles. The molecule has 1 aliphatic rings. The van der Waals surface area contributed by atoms with Gasteiger partial charge in [0.1, 0.15) is 5.15 Å². The van der Waals surface area contributed by atoms with E-state index in [4.69, 9.17) is 11.6 Å². The van der Waals surface area contributed by atoms with E-state index in [1.165, 1.54) is 31.3 Å². The zero-order valence-corrected chi connectivity index (χ0v) is 12.9. The summed E-state index contributed by atoms with van der Waals surface area (Å²) in [6.45, 7) is 1.34. The smallest absolute Gasteiger partial charge is 0.352 e. The van der Waals surface area contributed by atoms with Crippen LogP contribution in [-0.2, 0) is 17.3 Å². The van der Waals surface area contributed by atoms with Gasteiger partial charge in [-0.05, 0) is 30.2 Å². The van der Waals surface area contributed by atoms with E-state index in [9.17, 15) is 18.7 Å². The van der Waals surface area contributed by atoms with Gasteiger partial charge >= 0.3 is 11.8 Å². The predicted molar refractivity (Wildman–Crippen MR) is 81.4 cm³/mol. The van der Waals surface area contributed by atoms with Gasteiger partial charge in [0, 0.05) is 6.20 Å². The average molecular weight is 339 g/mol. The number of hydrogen-bond acceptors (Lipinski definition) is 3. The summed E-state index contributed by atoms with van der Waals surface area (Å²) in [5.74, 6) is -4.97. The fourth-order valence-electron chi connectivity index (χ4n) is 2.70. The highest BCUT2D eigenvalue weighted by Crippen LogP contribution is 2.47. The van der Waals surface area contributed by atoms with Crippen LogP contribution in [-0.4, -0.2) is 16.0 Å². The first-order valence-electron chi connectivity index (χ1n) is 6.94. The molecule has 2 aromatic rings. The van der Waals surface area contributed by atoms with Crippen LogP contribution in [0.3, 0.4) is 0 Å². The van der Waals surface area contributed by atoms with Crippen LogP contribution in [0.4, 0.5) is 14.5 Å². The van der Waals surface area contributed by atoms with Crippen LogP contribution in [0.1, 0.15) is 29.7 Å². The molecule has 7 heteroatoms. The Morgan fingerprint density at radius 3 is 2.70 bits per heavy atom. The number of halogens is 3. The number of alkyl halides is 2.